The van der Waals surface area contributed by atoms with Crippen molar-refractivity contribution >= 4 is 28.2 Å². The van der Waals surface area contributed by atoms with Crippen LogP contribution in [-0.2, 0) is 5.41 Å². The number of alkyl halides is 3. The van der Waals surface area contributed by atoms with Gasteiger partial charge in [0.15, 0.2) is 5.60 Å². The number of aliphatic hydroxyl groups is 1. The molecule has 2 atom stereocenters. The molecule has 0 aliphatic heterocycles. The summed E-state index contributed by atoms with van der Waals surface area (Å²) >= 11 is 5.99. The lowest BCUT2D eigenvalue weighted by molar-refractivity contribution is -0.269. The van der Waals surface area contributed by atoms with Crippen molar-refractivity contribution in [3.8, 4) is 0 Å². The van der Waals surface area contributed by atoms with Gasteiger partial charge in [0.25, 0.3) is 0 Å². The molecule has 0 bridgehead atoms. The largest absolute Gasteiger partial charge is 0.419 e. The molecule has 0 saturated carbocycles. The molecule has 2 unspecified atom stereocenters. The lowest BCUT2D eigenvalue weighted by Gasteiger charge is -2.38. The number of fused-ring (bicyclic) bond motifs is 2. The Morgan fingerprint density at radius 1 is 1.16 bits per heavy atom. The highest BCUT2D eigenvalue weighted by Gasteiger charge is 2.61. The summed E-state index contributed by atoms with van der Waals surface area (Å²) in [5, 5.41) is 14.3. The van der Waals surface area contributed by atoms with Gasteiger partial charge >= 0.3 is 6.18 Å². The first-order valence-corrected chi connectivity index (χ1v) is 10.5. The van der Waals surface area contributed by atoms with E-state index in [4.69, 9.17) is 11.6 Å². The van der Waals surface area contributed by atoms with Crippen LogP contribution in [0.5, 0.6) is 0 Å². The monoisotopic (exact) mass is 467 g/mol. The zero-order chi connectivity index (χ0) is 23.5. The second-order valence-electron chi connectivity index (χ2n) is 8.86. The predicted molar refractivity (Wildman–Crippen MR) is 115 cm³/mol. The van der Waals surface area contributed by atoms with E-state index in [1.165, 1.54) is 18.3 Å². The van der Waals surface area contributed by atoms with Gasteiger partial charge in [-0.25, -0.2) is 14.4 Å². The number of hydrogen-bond acceptors (Lipinski definition) is 4. The van der Waals surface area contributed by atoms with Crippen LogP contribution in [0.1, 0.15) is 49.7 Å². The number of aryl methyl sites for hydroxylation is 1. The van der Waals surface area contributed by atoms with Gasteiger partial charge in [-0.3, -0.25) is 0 Å². The molecule has 0 saturated heterocycles. The number of hydrogen-bond donors (Lipinski definition) is 2. The summed E-state index contributed by atoms with van der Waals surface area (Å²) in [6.07, 6.45) is -4.18. The zero-order valence-electron chi connectivity index (χ0n) is 17.7. The number of anilines is 1. The van der Waals surface area contributed by atoms with Gasteiger partial charge in [-0.15, -0.1) is 0 Å². The van der Waals surface area contributed by atoms with E-state index in [-0.39, 0.29) is 22.6 Å². The van der Waals surface area contributed by atoms with Crippen molar-refractivity contribution in [1.29, 1.82) is 0 Å². The Labute approximate surface area is 187 Å². The van der Waals surface area contributed by atoms with Gasteiger partial charge in [-0.2, -0.15) is 13.2 Å². The summed E-state index contributed by atoms with van der Waals surface area (Å²) in [7, 11) is 0. The molecule has 1 aromatic heterocycles. The Hall–Kier alpha value is -2.45. The summed E-state index contributed by atoms with van der Waals surface area (Å²) < 4.78 is 58.1. The molecule has 3 aromatic rings. The van der Waals surface area contributed by atoms with Crippen molar-refractivity contribution in [3.05, 3.63) is 64.3 Å². The minimum absolute atomic E-state index is 0.0132. The van der Waals surface area contributed by atoms with Gasteiger partial charge in [0.05, 0.1) is 16.6 Å². The Kier molecular flexibility index (Phi) is 5.37. The van der Waals surface area contributed by atoms with Crippen LogP contribution in [-0.4, -0.2) is 26.9 Å². The van der Waals surface area contributed by atoms with Gasteiger partial charge in [-0.05, 0) is 48.9 Å². The van der Waals surface area contributed by atoms with Crippen LogP contribution in [0.4, 0.5) is 23.2 Å². The van der Waals surface area contributed by atoms with Crippen LogP contribution in [0.15, 0.2) is 36.5 Å². The van der Waals surface area contributed by atoms with E-state index in [2.05, 4.69) is 15.3 Å². The lowest BCUT2D eigenvalue weighted by atomic mass is 9.79. The van der Waals surface area contributed by atoms with Crippen molar-refractivity contribution < 1.29 is 22.7 Å². The standard InChI is InChI=1S/C23H22ClF4N3O/c1-12-29-11-14-16(30-12)5-4-6-17(14)31-20-13-7-8-15(24)19(25)18(13)21(2,3)9-10-22(20,32)23(26,27)28/h4-8,11,20,31-32H,9-10H2,1-3H3. The maximum absolute atomic E-state index is 15.2. The highest BCUT2D eigenvalue weighted by molar-refractivity contribution is 6.30. The molecule has 0 fully saturated rings. The Bertz CT molecular complexity index is 1200. The summed E-state index contributed by atoms with van der Waals surface area (Å²) in [6, 6.07) is 5.84. The molecule has 170 valence electrons. The number of rotatable bonds is 2. The SMILES string of the molecule is Cc1ncc2c(NC3c4ccc(Cl)c(F)c4C(C)(C)CCC3(O)C(F)(F)F)cccc2n1. The number of nitrogens with zero attached hydrogens (tertiary/aromatic N) is 2. The number of benzene rings is 2. The second-order valence-corrected chi connectivity index (χ2v) is 9.27. The molecule has 4 rings (SSSR count). The minimum Gasteiger partial charge on any atom is -0.379 e. The summed E-state index contributed by atoms with van der Waals surface area (Å²) in [4.78, 5) is 8.46. The van der Waals surface area contributed by atoms with E-state index in [1.54, 1.807) is 39.0 Å². The van der Waals surface area contributed by atoms with E-state index >= 15 is 4.39 Å². The zero-order valence-corrected chi connectivity index (χ0v) is 18.4. The molecule has 2 aromatic carbocycles. The number of nitrogens with one attached hydrogen (secondary N) is 1. The highest BCUT2D eigenvalue weighted by Crippen LogP contribution is 2.52. The Morgan fingerprint density at radius 3 is 2.56 bits per heavy atom. The first-order chi connectivity index (χ1) is 14.8. The quantitative estimate of drug-likeness (QED) is 0.345. The maximum Gasteiger partial charge on any atom is 0.419 e. The smallest absolute Gasteiger partial charge is 0.379 e. The van der Waals surface area contributed by atoms with Gasteiger partial charge in [-0.1, -0.05) is 37.6 Å². The molecule has 1 aliphatic rings. The first kappa shape index (κ1) is 22.7. The van der Waals surface area contributed by atoms with E-state index in [1.807, 2.05) is 0 Å². The summed E-state index contributed by atoms with van der Waals surface area (Å²) in [5.74, 6) is -0.260. The van der Waals surface area contributed by atoms with Crippen LogP contribution in [0.3, 0.4) is 0 Å². The van der Waals surface area contributed by atoms with Crippen molar-refractivity contribution in [3.63, 3.8) is 0 Å². The molecule has 0 amide bonds. The van der Waals surface area contributed by atoms with E-state index in [9.17, 15) is 18.3 Å². The number of halogens is 5. The number of aromatic nitrogens is 2. The van der Waals surface area contributed by atoms with E-state index in [0.717, 1.165) is 0 Å². The summed E-state index contributed by atoms with van der Waals surface area (Å²) in [6.45, 7) is 5.01. The molecule has 0 radical (unpaired) electrons. The van der Waals surface area contributed by atoms with Crippen molar-refractivity contribution in [2.24, 2.45) is 0 Å². The third-order valence-electron chi connectivity index (χ3n) is 6.26. The van der Waals surface area contributed by atoms with E-state index < -0.39 is 35.5 Å². The second kappa shape index (κ2) is 7.56. The molecule has 1 heterocycles. The highest BCUT2D eigenvalue weighted by atomic mass is 35.5. The van der Waals surface area contributed by atoms with Gasteiger partial charge in [0.2, 0.25) is 0 Å². The molecule has 32 heavy (non-hydrogen) atoms. The van der Waals surface area contributed by atoms with E-state index in [0.29, 0.717) is 22.4 Å². The molecule has 1 aliphatic carbocycles. The predicted octanol–water partition coefficient (Wildman–Crippen LogP) is 6.25. The van der Waals surface area contributed by atoms with Crippen LogP contribution < -0.4 is 5.32 Å². The minimum atomic E-state index is -4.98. The fourth-order valence-corrected chi connectivity index (χ4v) is 4.61. The Balaban J connectivity index is 1.97. The van der Waals surface area contributed by atoms with Gasteiger partial charge in [0.1, 0.15) is 11.6 Å². The maximum atomic E-state index is 15.2. The summed E-state index contributed by atoms with van der Waals surface area (Å²) in [5.41, 5.74) is -3.22. The molecule has 9 heteroatoms. The average Bonchev–Trinajstić information content (AvgIpc) is 2.79. The normalized spacial score (nSPS) is 23.0. The van der Waals surface area contributed by atoms with Crippen LogP contribution in [0.2, 0.25) is 5.02 Å². The topological polar surface area (TPSA) is 58.0 Å². The fraction of sp³-hybridized carbons (Fsp3) is 0.391. The third kappa shape index (κ3) is 3.59. The fourth-order valence-electron chi connectivity index (χ4n) is 4.45. The van der Waals surface area contributed by atoms with Crippen molar-refractivity contribution in [1.82, 2.24) is 9.97 Å². The lowest BCUT2D eigenvalue weighted by Crippen LogP contribution is -2.52. The molecule has 4 nitrogen and oxygen atoms in total. The molecular weight excluding hydrogens is 446 g/mol. The Morgan fingerprint density at radius 2 is 1.88 bits per heavy atom. The van der Waals surface area contributed by atoms with Crippen molar-refractivity contribution in [2.45, 2.75) is 56.8 Å². The average molecular weight is 468 g/mol. The van der Waals surface area contributed by atoms with Gasteiger partial charge in [0, 0.05) is 22.8 Å². The third-order valence-corrected chi connectivity index (χ3v) is 6.55. The van der Waals surface area contributed by atoms with Crippen molar-refractivity contribution in [2.75, 3.05) is 5.32 Å². The van der Waals surface area contributed by atoms with Crippen LogP contribution in [0.25, 0.3) is 10.9 Å². The van der Waals surface area contributed by atoms with Crippen LogP contribution >= 0.6 is 11.6 Å². The van der Waals surface area contributed by atoms with Gasteiger partial charge < -0.3 is 10.4 Å². The van der Waals surface area contributed by atoms with Crippen LogP contribution in [0, 0.1) is 12.7 Å². The molecule has 2 N–H and O–H groups in total. The molecule has 0 spiro atoms. The molecular formula is C23H22ClF4N3O. The first-order valence-electron chi connectivity index (χ1n) is 10.1.